The van der Waals surface area contributed by atoms with Crippen molar-refractivity contribution in [3.8, 4) is 0 Å². The summed E-state index contributed by atoms with van der Waals surface area (Å²) in [6.07, 6.45) is 1.73. The van der Waals surface area contributed by atoms with Gasteiger partial charge in [-0.15, -0.1) is 0 Å². The molecule has 1 aliphatic heterocycles. The van der Waals surface area contributed by atoms with Crippen molar-refractivity contribution >= 4 is 17.4 Å². The van der Waals surface area contributed by atoms with Crippen LogP contribution < -0.4 is 5.32 Å². The molecule has 0 aliphatic carbocycles. The summed E-state index contributed by atoms with van der Waals surface area (Å²) < 4.78 is 10.9. The number of aromatic nitrogens is 2. The Morgan fingerprint density at radius 1 is 1.29 bits per heavy atom. The number of nitrogens with zero attached hydrogens (tertiary/aromatic N) is 2. The first-order chi connectivity index (χ1) is 10.4. The first kappa shape index (κ1) is 14.4. The Hall–Kier alpha value is -1.53. The van der Waals surface area contributed by atoms with Crippen molar-refractivity contribution in [2.75, 3.05) is 30.0 Å². The molecule has 0 radical (unpaired) electrons. The number of hydrogen-bond acceptors (Lipinski definition) is 6. The van der Waals surface area contributed by atoms with Crippen molar-refractivity contribution in [1.82, 2.24) is 10.1 Å². The maximum absolute atomic E-state index is 5.64. The van der Waals surface area contributed by atoms with Crippen molar-refractivity contribution in [2.24, 2.45) is 0 Å². The minimum atomic E-state index is -0.0105. The van der Waals surface area contributed by atoms with Gasteiger partial charge in [-0.2, -0.15) is 16.7 Å². The zero-order chi connectivity index (χ0) is 14.3. The fourth-order valence-corrected chi connectivity index (χ4v) is 3.01. The van der Waals surface area contributed by atoms with E-state index in [0.29, 0.717) is 11.7 Å². The van der Waals surface area contributed by atoms with Gasteiger partial charge in [0.05, 0.1) is 6.61 Å². The Kier molecular flexibility index (Phi) is 5.13. The number of para-hydroxylation sites is 1. The molecular weight excluding hydrogens is 286 g/mol. The van der Waals surface area contributed by atoms with E-state index in [4.69, 9.17) is 9.26 Å². The zero-order valence-corrected chi connectivity index (χ0v) is 12.6. The van der Waals surface area contributed by atoms with Gasteiger partial charge in [-0.05, 0) is 18.6 Å². The van der Waals surface area contributed by atoms with Gasteiger partial charge in [-0.1, -0.05) is 23.4 Å². The van der Waals surface area contributed by atoms with E-state index in [1.807, 2.05) is 30.0 Å². The molecule has 0 spiro atoms. The van der Waals surface area contributed by atoms with Crippen molar-refractivity contribution in [3.63, 3.8) is 0 Å². The highest BCUT2D eigenvalue weighted by Gasteiger charge is 2.21. The molecule has 3 rings (SSSR count). The van der Waals surface area contributed by atoms with E-state index in [-0.39, 0.29) is 6.10 Å². The van der Waals surface area contributed by atoms with Crippen LogP contribution in [-0.2, 0) is 11.2 Å². The van der Waals surface area contributed by atoms with Crippen LogP contribution in [0.3, 0.4) is 0 Å². The molecule has 0 saturated carbocycles. The van der Waals surface area contributed by atoms with Crippen LogP contribution in [0, 0.1) is 0 Å². The van der Waals surface area contributed by atoms with Crippen molar-refractivity contribution in [1.29, 1.82) is 0 Å². The van der Waals surface area contributed by atoms with Gasteiger partial charge in [0.25, 0.3) is 0 Å². The minimum Gasteiger partial charge on any atom is -0.385 e. The highest BCUT2D eigenvalue weighted by Crippen LogP contribution is 2.24. The quantitative estimate of drug-likeness (QED) is 0.828. The smallest absolute Gasteiger partial charge is 0.226 e. The monoisotopic (exact) mass is 305 g/mol. The Morgan fingerprint density at radius 2 is 2.19 bits per heavy atom. The largest absolute Gasteiger partial charge is 0.385 e. The van der Waals surface area contributed by atoms with Gasteiger partial charge < -0.3 is 14.6 Å². The topological polar surface area (TPSA) is 60.2 Å². The molecule has 0 bridgehead atoms. The molecule has 2 heterocycles. The third-order valence-electron chi connectivity index (χ3n) is 3.26. The molecular formula is C15H19N3O2S. The molecule has 0 amide bonds. The average molecular weight is 305 g/mol. The number of rotatable bonds is 6. The molecule has 1 fully saturated rings. The third-order valence-corrected chi connectivity index (χ3v) is 4.25. The van der Waals surface area contributed by atoms with Gasteiger partial charge in [0, 0.05) is 30.2 Å². The lowest BCUT2D eigenvalue weighted by atomic mass is 10.3. The normalized spacial score (nSPS) is 18.6. The number of benzene rings is 1. The van der Waals surface area contributed by atoms with Crippen LogP contribution in [0.2, 0.25) is 0 Å². The van der Waals surface area contributed by atoms with Gasteiger partial charge in [-0.3, -0.25) is 0 Å². The predicted octanol–water partition coefficient (Wildman–Crippen LogP) is 2.92. The maximum Gasteiger partial charge on any atom is 0.226 e. The van der Waals surface area contributed by atoms with E-state index in [0.717, 1.165) is 43.2 Å². The molecule has 112 valence electrons. The van der Waals surface area contributed by atoms with Crippen LogP contribution in [0.5, 0.6) is 0 Å². The maximum atomic E-state index is 5.64. The van der Waals surface area contributed by atoms with Crippen LogP contribution in [0.4, 0.5) is 5.69 Å². The highest BCUT2D eigenvalue weighted by molar-refractivity contribution is 7.99. The van der Waals surface area contributed by atoms with Gasteiger partial charge in [0.15, 0.2) is 0 Å². The second-order valence-electron chi connectivity index (χ2n) is 4.88. The Balaban J connectivity index is 1.42. The summed E-state index contributed by atoms with van der Waals surface area (Å²) in [5, 5.41) is 7.40. The fourth-order valence-electron chi connectivity index (χ4n) is 2.17. The number of ether oxygens (including phenoxy) is 1. The molecule has 5 nitrogen and oxygen atoms in total. The van der Waals surface area contributed by atoms with Crippen LogP contribution in [0.15, 0.2) is 34.9 Å². The molecule has 1 unspecified atom stereocenters. The summed E-state index contributed by atoms with van der Waals surface area (Å²) in [6.45, 7) is 1.65. The van der Waals surface area contributed by atoms with E-state index in [1.165, 1.54) is 0 Å². The van der Waals surface area contributed by atoms with Crippen LogP contribution >= 0.6 is 11.8 Å². The fraction of sp³-hybridized carbons (Fsp3) is 0.467. The van der Waals surface area contributed by atoms with Gasteiger partial charge in [0.2, 0.25) is 11.7 Å². The minimum absolute atomic E-state index is 0.0105. The Bertz CT molecular complexity index is 541. The number of hydrogen-bond donors (Lipinski definition) is 1. The van der Waals surface area contributed by atoms with Gasteiger partial charge in [-0.25, -0.2) is 0 Å². The van der Waals surface area contributed by atoms with E-state index in [1.54, 1.807) is 0 Å². The average Bonchev–Trinajstić information content (AvgIpc) is 3.02. The lowest BCUT2D eigenvalue weighted by molar-refractivity contribution is 0.0677. The summed E-state index contributed by atoms with van der Waals surface area (Å²) in [6, 6.07) is 10.2. The van der Waals surface area contributed by atoms with Crippen molar-refractivity contribution in [2.45, 2.75) is 18.9 Å². The summed E-state index contributed by atoms with van der Waals surface area (Å²) in [7, 11) is 0. The first-order valence-corrected chi connectivity index (χ1v) is 8.38. The molecule has 6 heteroatoms. The highest BCUT2D eigenvalue weighted by atomic mass is 32.2. The predicted molar refractivity (Wildman–Crippen MR) is 83.6 cm³/mol. The summed E-state index contributed by atoms with van der Waals surface area (Å²) >= 11 is 1.87. The summed E-state index contributed by atoms with van der Waals surface area (Å²) in [4.78, 5) is 4.43. The molecule has 2 aromatic rings. The second kappa shape index (κ2) is 7.47. The molecule has 1 atom stereocenters. The molecule has 1 aliphatic rings. The van der Waals surface area contributed by atoms with Crippen LogP contribution in [0.25, 0.3) is 0 Å². The molecule has 1 N–H and O–H groups in total. The van der Waals surface area contributed by atoms with Crippen molar-refractivity contribution < 1.29 is 9.26 Å². The lowest BCUT2D eigenvalue weighted by Crippen LogP contribution is -2.16. The van der Waals surface area contributed by atoms with Gasteiger partial charge in [0.1, 0.15) is 6.10 Å². The second-order valence-corrected chi connectivity index (χ2v) is 6.03. The van der Waals surface area contributed by atoms with E-state index < -0.39 is 0 Å². The lowest BCUT2D eigenvalue weighted by Gasteiger charge is -2.18. The third kappa shape index (κ3) is 4.22. The number of thioether (sulfide) groups is 1. The summed E-state index contributed by atoms with van der Waals surface area (Å²) in [5.74, 6) is 3.34. The van der Waals surface area contributed by atoms with Crippen LogP contribution in [-0.4, -0.2) is 34.8 Å². The summed E-state index contributed by atoms with van der Waals surface area (Å²) in [5.41, 5.74) is 1.14. The van der Waals surface area contributed by atoms with E-state index in [9.17, 15) is 0 Å². The molecule has 1 aromatic heterocycles. The Labute approximate surface area is 128 Å². The molecule has 1 saturated heterocycles. The number of anilines is 1. The number of aryl methyl sites for hydroxylation is 1. The molecule has 21 heavy (non-hydrogen) atoms. The van der Waals surface area contributed by atoms with E-state index >= 15 is 0 Å². The molecule has 1 aromatic carbocycles. The number of nitrogens with one attached hydrogen (secondary N) is 1. The van der Waals surface area contributed by atoms with Crippen LogP contribution in [0.1, 0.15) is 24.2 Å². The Morgan fingerprint density at radius 3 is 3.00 bits per heavy atom. The zero-order valence-electron chi connectivity index (χ0n) is 11.8. The first-order valence-electron chi connectivity index (χ1n) is 7.22. The van der Waals surface area contributed by atoms with Crippen molar-refractivity contribution in [3.05, 3.63) is 42.0 Å². The standard InChI is InChI=1S/C15H19N3O2S/c1-2-5-12(6-3-1)16-8-4-7-14-17-15(18-20-14)13-11-21-10-9-19-13/h1-3,5-6,13,16H,4,7-11H2. The van der Waals surface area contributed by atoms with E-state index in [2.05, 4.69) is 27.6 Å². The van der Waals surface area contributed by atoms with Gasteiger partial charge >= 0.3 is 0 Å². The SMILES string of the molecule is c1ccc(NCCCc2nc(C3CSCCO3)no2)cc1.